The normalized spacial score (nSPS) is 11.7. The minimum Gasteiger partial charge on any atom is -0.457 e. The average molecular weight is 452 g/mol. The lowest BCUT2D eigenvalue weighted by atomic mass is 10.2. The molecule has 10 heteroatoms. The lowest BCUT2D eigenvalue weighted by Gasteiger charge is -2.12. The minimum absolute atomic E-state index is 0.0352. The van der Waals surface area contributed by atoms with E-state index in [1.165, 1.54) is 55.2 Å². The highest BCUT2D eigenvalue weighted by Gasteiger charge is 2.23. The van der Waals surface area contributed by atoms with Gasteiger partial charge in [0.05, 0.1) is 16.3 Å². The van der Waals surface area contributed by atoms with Crippen molar-refractivity contribution < 1.29 is 22.3 Å². The Hall–Kier alpha value is -2.75. The second-order valence-corrected chi connectivity index (χ2v) is 9.16. The molecule has 1 aromatic heterocycles. The zero-order valence-electron chi connectivity index (χ0n) is 16.5. The van der Waals surface area contributed by atoms with Gasteiger partial charge in [0, 0.05) is 14.1 Å². The molecule has 1 heterocycles. The number of rotatable bonds is 6. The van der Waals surface area contributed by atoms with Crippen molar-refractivity contribution in [1.82, 2.24) is 14.1 Å². The van der Waals surface area contributed by atoms with Crippen molar-refractivity contribution in [2.24, 2.45) is 0 Å². The number of carbonyl (C=O) groups excluding carboxylic acids is 1. The molecule has 0 spiro atoms. The number of hydrogen-bond donors (Lipinski definition) is 0. The van der Waals surface area contributed by atoms with Crippen molar-refractivity contribution in [2.45, 2.75) is 18.4 Å². The van der Waals surface area contributed by atoms with Crippen LogP contribution in [0.1, 0.15) is 21.6 Å². The van der Waals surface area contributed by atoms with E-state index < -0.39 is 21.8 Å². The summed E-state index contributed by atoms with van der Waals surface area (Å²) in [6.07, 6.45) is 0. The number of nitrogens with zero attached hydrogens (tertiary/aromatic N) is 3. The molecule has 0 radical (unpaired) electrons. The predicted molar refractivity (Wildman–Crippen MR) is 110 cm³/mol. The van der Waals surface area contributed by atoms with Gasteiger partial charge >= 0.3 is 5.97 Å². The number of carbonyl (C=O) groups is 1. The van der Waals surface area contributed by atoms with Gasteiger partial charge in [-0.1, -0.05) is 23.7 Å². The summed E-state index contributed by atoms with van der Waals surface area (Å²) in [4.78, 5) is 12.7. The summed E-state index contributed by atoms with van der Waals surface area (Å²) >= 11 is 6.32. The fourth-order valence-corrected chi connectivity index (χ4v) is 4.03. The zero-order valence-corrected chi connectivity index (χ0v) is 18.0. The van der Waals surface area contributed by atoms with Gasteiger partial charge in [-0.25, -0.2) is 26.6 Å². The number of sulfonamides is 1. The highest BCUT2D eigenvalue weighted by Crippen LogP contribution is 2.25. The van der Waals surface area contributed by atoms with Crippen LogP contribution in [0.3, 0.4) is 0 Å². The first-order chi connectivity index (χ1) is 14.1. The first-order valence-corrected chi connectivity index (χ1v) is 10.6. The van der Waals surface area contributed by atoms with E-state index >= 15 is 0 Å². The highest BCUT2D eigenvalue weighted by atomic mass is 35.5. The maximum Gasteiger partial charge on any atom is 0.343 e. The Bertz CT molecular complexity index is 1190. The Balaban J connectivity index is 1.80. The number of benzene rings is 2. The van der Waals surface area contributed by atoms with Crippen LogP contribution in [0.5, 0.6) is 0 Å². The summed E-state index contributed by atoms with van der Waals surface area (Å²) in [6, 6.07) is 11.6. The fraction of sp³-hybridized carbons (Fsp3) is 0.200. The van der Waals surface area contributed by atoms with Crippen LogP contribution in [0.4, 0.5) is 4.39 Å². The monoisotopic (exact) mass is 451 g/mol. The van der Waals surface area contributed by atoms with Gasteiger partial charge in [-0.3, -0.25) is 0 Å². The third-order valence-corrected chi connectivity index (χ3v) is 6.49. The molecule has 0 unspecified atom stereocenters. The molecule has 0 amide bonds. The predicted octanol–water partition coefficient (Wildman–Crippen LogP) is 3.58. The quantitative estimate of drug-likeness (QED) is 0.535. The Morgan fingerprint density at radius 2 is 1.87 bits per heavy atom. The Morgan fingerprint density at radius 3 is 2.50 bits per heavy atom. The fourth-order valence-electron chi connectivity index (χ4n) is 2.71. The molecule has 0 aliphatic rings. The zero-order chi connectivity index (χ0) is 22.1. The smallest absolute Gasteiger partial charge is 0.343 e. The van der Waals surface area contributed by atoms with Crippen LogP contribution < -0.4 is 0 Å². The van der Waals surface area contributed by atoms with Crippen molar-refractivity contribution in [3.63, 3.8) is 0 Å². The molecular formula is C20H19ClFN3O4S. The Morgan fingerprint density at radius 1 is 1.20 bits per heavy atom. The van der Waals surface area contributed by atoms with E-state index in [-0.39, 0.29) is 22.2 Å². The largest absolute Gasteiger partial charge is 0.457 e. The molecule has 0 saturated carbocycles. The second kappa shape index (κ2) is 8.55. The van der Waals surface area contributed by atoms with Gasteiger partial charge in [-0.15, -0.1) is 0 Å². The molecule has 158 valence electrons. The molecule has 0 saturated heterocycles. The number of ether oxygens (including phenoxy) is 1. The summed E-state index contributed by atoms with van der Waals surface area (Å²) in [5.41, 5.74) is 1.42. The van der Waals surface area contributed by atoms with Gasteiger partial charge in [-0.2, -0.15) is 5.10 Å². The topological polar surface area (TPSA) is 81.5 Å². The van der Waals surface area contributed by atoms with E-state index in [0.29, 0.717) is 16.9 Å². The van der Waals surface area contributed by atoms with Gasteiger partial charge in [0.1, 0.15) is 23.1 Å². The molecule has 7 nitrogen and oxygen atoms in total. The maximum atomic E-state index is 13.1. The van der Waals surface area contributed by atoms with E-state index in [1.807, 2.05) is 0 Å². The molecule has 0 fully saturated rings. The lowest BCUT2D eigenvalue weighted by Crippen LogP contribution is -2.22. The molecule has 0 N–H and O–H groups in total. The molecule has 3 aromatic rings. The molecule has 2 aromatic carbocycles. The first-order valence-electron chi connectivity index (χ1n) is 8.81. The van der Waals surface area contributed by atoms with Crippen LogP contribution in [-0.2, 0) is 21.4 Å². The Kier molecular flexibility index (Phi) is 6.25. The molecular weight excluding hydrogens is 433 g/mol. The second-order valence-electron chi connectivity index (χ2n) is 6.65. The van der Waals surface area contributed by atoms with Crippen LogP contribution in [0.15, 0.2) is 53.4 Å². The SMILES string of the molecule is Cc1nn(-c2ccc(F)cc2)c(Cl)c1C(=O)OCc1cccc(S(=O)(=O)N(C)C)c1. The van der Waals surface area contributed by atoms with Gasteiger partial charge in [-0.05, 0) is 48.9 Å². The van der Waals surface area contributed by atoms with E-state index in [9.17, 15) is 17.6 Å². The van der Waals surface area contributed by atoms with E-state index in [1.54, 1.807) is 19.1 Å². The number of hydrogen-bond acceptors (Lipinski definition) is 5. The molecule has 0 bridgehead atoms. The molecule has 30 heavy (non-hydrogen) atoms. The van der Waals surface area contributed by atoms with Crippen LogP contribution >= 0.6 is 11.6 Å². The average Bonchev–Trinajstić information content (AvgIpc) is 3.01. The molecule has 0 aliphatic carbocycles. The third-order valence-electron chi connectivity index (χ3n) is 4.33. The van der Waals surface area contributed by atoms with Crippen LogP contribution in [0, 0.1) is 12.7 Å². The number of aromatic nitrogens is 2. The lowest BCUT2D eigenvalue weighted by molar-refractivity contribution is 0.0472. The van der Waals surface area contributed by atoms with Crippen molar-refractivity contribution in [3.8, 4) is 5.69 Å². The highest BCUT2D eigenvalue weighted by molar-refractivity contribution is 7.89. The third kappa shape index (κ3) is 4.38. The summed E-state index contributed by atoms with van der Waals surface area (Å²) in [5, 5.41) is 4.26. The summed E-state index contributed by atoms with van der Waals surface area (Å²) in [6.45, 7) is 1.46. The Labute approximate surface area is 178 Å². The van der Waals surface area contributed by atoms with E-state index in [4.69, 9.17) is 16.3 Å². The van der Waals surface area contributed by atoms with Crippen LogP contribution in [0.25, 0.3) is 5.69 Å². The molecule has 0 atom stereocenters. The van der Waals surface area contributed by atoms with Crippen molar-refractivity contribution in [2.75, 3.05) is 14.1 Å². The molecule has 0 aliphatic heterocycles. The summed E-state index contributed by atoms with van der Waals surface area (Å²) in [5.74, 6) is -1.11. The summed E-state index contributed by atoms with van der Waals surface area (Å²) in [7, 11) is -0.730. The standard InChI is InChI=1S/C20H19ClFN3O4S/c1-13-18(19(21)25(23-13)16-9-7-15(22)8-10-16)20(26)29-12-14-5-4-6-17(11-14)30(27,28)24(2)3/h4-11H,12H2,1-3H3. The number of halogens is 2. The van der Waals surface area contributed by atoms with E-state index in [2.05, 4.69) is 5.10 Å². The van der Waals surface area contributed by atoms with Crippen LogP contribution in [0.2, 0.25) is 5.15 Å². The van der Waals surface area contributed by atoms with Crippen molar-refractivity contribution >= 4 is 27.6 Å². The van der Waals surface area contributed by atoms with Gasteiger partial charge in [0.15, 0.2) is 0 Å². The minimum atomic E-state index is -3.60. The number of esters is 1. The summed E-state index contributed by atoms with van der Waals surface area (Å²) < 4.78 is 45.4. The van der Waals surface area contributed by atoms with E-state index in [0.717, 1.165) is 4.31 Å². The van der Waals surface area contributed by atoms with Gasteiger partial charge in [0.2, 0.25) is 10.0 Å². The van der Waals surface area contributed by atoms with Gasteiger partial charge < -0.3 is 4.74 Å². The van der Waals surface area contributed by atoms with Crippen molar-refractivity contribution in [3.05, 3.63) is 76.3 Å². The molecule has 3 rings (SSSR count). The maximum absolute atomic E-state index is 13.1. The van der Waals surface area contributed by atoms with Crippen LogP contribution in [-0.4, -0.2) is 42.6 Å². The number of aryl methyl sites for hydroxylation is 1. The van der Waals surface area contributed by atoms with Gasteiger partial charge in [0.25, 0.3) is 0 Å². The van der Waals surface area contributed by atoms with Crippen molar-refractivity contribution in [1.29, 1.82) is 0 Å². The first kappa shape index (κ1) is 21.9.